The van der Waals surface area contributed by atoms with Crippen molar-refractivity contribution in [1.29, 1.82) is 0 Å². The SMILES string of the molecule is CC1(Oc2ccc(C(=O)OC(C3CCCCC3)C(F)(F)C(=O)[O-])cc2)CC2CCC1C2. The summed E-state index contributed by atoms with van der Waals surface area (Å²) in [4.78, 5) is 23.6. The van der Waals surface area contributed by atoms with Crippen LogP contribution in [0.25, 0.3) is 0 Å². The summed E-state index contributed by atoms with van der Waals surface area (Å²) in [5.74, 6) is -6.55. The van der Waals surface area contributed by atoms with E-state index < -0.39 is 29.9 Å². The minimum atomic E-state index is -4.24. The highest BCUT2D eigenvalue weighted by molar-refractivity contribution is 5.90. The van der Waals surface area contributed by atoms with E-state index in [0.717, 1.165) is 12.8 Å². The maximum Gasteiger partial charge on any atom is 0.338 e. The third kappa shape index (κ3) is 4.41. The molecule has 4 atom stereocenters. The molecule has 170 valence electrons. The van der Waals surface area contributed by atoms with Gasteiger partial charge in [0.15, 0.2) is 6.10 Å². The molecule has 4 rings (SSSR count). The highest BCUT2D eigenvalue weighted by Crippen LogP contribution is 2.52. The van der Waals surface area contributed by atoms with Crippen molar-refractivity contribution in [3.05, 3.63) is 29.8 Å². The van der Waals surface area contributed by atoms with Crippen LogP contribution >= 0.6 is 0 Å². The van der Waals surface area contributed by atoms with Crippen LogP contribution in [0.3, 0.4) is 0 Å². The molecule has 7 heteroatoms. The highest BCUT2D eigenvalue weighted by atomic mass is 19.3. The molecule has 0 heterocycles. The van der Waals surface area contributed by atoms with E-state index in [2.05, 4.69) is 6.92 Å². The Morgan fingerprint density at radius 2 is 1.77 bits per heavy atom. The number of carbonyl (C=O) groups excluding carboxylic acids is 2. The molecule has 3 aliphatic rings. The molecule has 4 unspecified atom stereocenters. The second kappa shape index (κ2) is 8.40. The van der Waals surface area contributed by atoms with Gasteiger partial charge in [-0.15, -0.1) is 0 Å². The normalized spacial score (nSPS) is 29.5. The molecule has 0 aliphatic heterocycles. The molecular formula is C24H29F2O5-. The third-order valence-electron chi connectivity index (χ3n) is 7.48. The number of esters is 1. The first-order valence-corrected chi connectivity index (χ1v) is 11.3. The molecule has 0 saturated heterocycles. The second-order valence-corrected chi connectivity index (χ2v) is 9.65. The molecule has 3 aliphatic carbocycles. The van der Waals surface area contributed by atoms with Crippen LogP contribution in [0.2, 0.25) is 0 Å². The van der Waals surface area contributed by atoms with Crippen molar-refractivity contribution in [2.24, 2.45) is 17.8 Å². The number of benzene rings is 1. The molecule has 3 saturated carbocycles. The van der Waals surface area contributed by atoms with Crippen molar-refractivity contribution in [3.63, 3.8) is 0 Å². The summed E-state index contributed by atoms with van der Waals surface area (Å²) in [5.41, 5.74) is -0.131. The van der Waals surface area contributed by atoms with Crippen molar-refractivity contribution in [3.8, 4) is 5.75 Å². The van der Waals surface area contributed by atoms with Crippen LogP contribution in [0, 0.1) is 17.8 Å². The number of aliphatic carboxylic acids is 1. The Morgan fingerprint density at radius 1 is 1.10 bits per heavy atom. The number of carboxylic acids is 1. The van der Waals surface area contributed by atoms with Gasteiger partial charge in [-0.2, -0.15) is 8.78 Å². The van der Waals surface area contributed by atoms with Gasteiger partial charge in [-0.1, -0.05) is 19.3 Å². The lowest BCUT2D eigenvalue weighted by atomic mass is 9.83. The van der Waals surface area contributed by atoms with E-state index >= 15 is 0 Å². The number of fused-ring (bicyclic) bond motifs is 2. The first kappa shape index (κ1) is 22.0. The Kier molecular flexibility index (Phi) is 5.97. The monoisotopic (exact) mass is 435 g/mol. The van der Waals surface area contributed by atoms with Crippen LogP contribution in [0.15, 0.2) is 24.3 Å². The minimum absolute atomic E-state index is 0.0837. The molecule has 0 aromatic heterocycles. The molecule has 5 nitrogen and oxygen atoms in total. The van der Waals surface area contributed by atoms with E-state index in [0.29, 0.717) is 43.3 Å². The smallest absolute Gasteiger partial charge is 0.338 e. The molecule has 0 amide bonds. The molecule has 1 aromatic rings. The number of hydrogen-bond acceptors (Lipinski definition) is 5. The number of hydrogen-bond donors (Lipinski definition) is 0. The number of carbonyl (C=O) groups is 2. The summed E-state index contributed by atoms with van der Waals surface area (Å²) >= 11 is 0. The van der Waals surface area contributed by atoms with Gasteiger partial charge in [-0.3, -0.25) is 0 Å². The molecular weight excluding hydrogens is 406 g/mol. The van der Waals surface area contributed by atoms with Gasteiger partial charge in [0.05, 0.1) is 5.56 Å². The van der Waals surface area contributed by atoms with Crippen LogP contribution in [0.1, 0.15) is 75.1 Å². The number of alkyl halides is 2. The Morgan fingerprint density at radius 3 is 2.32 bits per heavy atom. The van der Waals surface area contributed by atoms with E-state index in [9.17, 15) is 23.5 Å². The molecule has 0 N–H and O–H groups in total. The predicted molar refractivity (Wildman–Crippen MR) is 107 cm³/mol. The van der Waals surface area contributed by atoms with Crippen LogP contribution in [-0.4, -0.2) is 29.6 Å². The first-order valence-electron chi connectivity index (χ1n) is 11.3. The summed E-state index contributed by atoms with van der Waals surface area (Å²) in [6.45, 7) is 2.12. The van der Waals surface area contributed by atoms with Crippen LogP contribution < -0.4 is 9.84 Å². The van der Waals surface area contributed by atoms with E-state index in [1.807, 2.05) is 0 Å². The Hall–Kier alpha value is -2.18. The van der Waals surface area contributed by atoms with E-state index in [-0.39, 0.29) is 11.2 Å². The van der Waals surface area contributed by atoms with E-state index in [4.69, 9.17) is 9.47 Å². The van der Waals surface area contributed by atoms with Crippen LogP contribution in [-0.2, 0) is 9.53 Å². The number of rotatable bonds is 7. The van der Waals surface area contributed by atoms with Crippen molar-refractivity contribution in [2.45, 2.75) is 82.3 Å². The fourth-order valence-corrected chi connectivity index (χ4v) is 5.81. The van der Waals surface area contributed by atoms with Gasteiger partial charge in [0.1, 0.15) is 17.3 Å². The van der Waals surface area contributed by atoms with Crippen molar-refractivity contribution in [2.75, 3.05) is 0 Å². The van der Waals surface area contributed by atoms with Gasteiger partial charge in [-0.25, -0.2) is 4.79 Å². The quantitative estimate of drug-likeness (QED) is 0.602. The zero-order valence-electron chi connectivity index (χ0n) is 17.8. The average molecular weight is 435 g/mol. The van der Waals surface area contributed by atoms with Gasteiger partial charge in [0.2, 0.25) is 0 Å². The summed E-state index contributed by atoms with van der Waals surface area (Å²) in [6.07, 6.45) is 5.70. The lowest BCUT2D eigenvalue weighted by molar-refractivity contribution is -0.337. The molecule has 0 spiro atoms. The highest BCUT2D eigenvalue weighted by Gasteiger charge is 2.50. The minimum Gasteiger partial charge on any atom is -0.544 e. The lowest BCUT2D eigenvalue weighted by Gasteiger charge is -2.35. The van der Waals surface area contributed by atoms with E-state index in [1.165, 1.54) is 31.4 Å². The zero-order valence-corrected chi connectivity index (χ0v) is 17.8. The lowest BCUT2D eigenvalue weighted by Crippen LogP contribution is -2.54. The molecule has 1 aromatic carbocycles. The van der Waals surface area contributed by atoms with Crippen molar-refractivity contribution in [1.82, 2.24) is 0 Å². The largest absolute Gasteiger partial charge is 0.544 e. The maximum atomic E-state index is 14.3. The van der Waals surface area contributed by atoms with E-state index in [1.54, 1.807) is 12.1 Å². The molecule has 31 heavy (non-hydrogen) atoms. The van der Waals surface area contributed by atoms with Gasteiger partial charge >= 0.3 is 11.9 Å². The predicted octanol–water partition coefficient (Wildman–Crippen LogP) is 4.14. The van der Waals surface area contributed by atoms with Crippen LogP contribution in [0.4, 0.5) is 8.78 Å². The molecule has 2 bridgehead atoms. The number of halogens is 2. The fraction of sp³-hybridized carbons (Fsp3) is 0.667. The summed E-state index contributed by atoms with van der Waals surface area (Å²) in [5, 5.41) is 11.0. The zero-order chi connectivity index (χ0) is 22.2. The average Bonchev–Trinajstić information content (AvgIpc) is 3.33. The first-order chi connectivity index (χ1) is 14.7. The Labute approximate surface area is 181 Å². The van der Waals surface area contributed by atoms with Crippen LogP contribution in [0.5, 0.6) is 5.75 Å². The fourth-order valence-electron chi connectivity index (χ4n) is 5.81. The topological polar surface area (TPSA) is 75.7 Å². The molecule has 0 radical (unpaired) electrons. The standard InChI is InChI=1S/C24H30F2O5/c1-23(14-15-7-10-18(23)13-15)31-19-11-8-17(9-12-19)21(27)30-20(24(25,26)22(28)29)16-5-3-2-4-6-16/h8-9,11-12,15-16,18,20H,2-7,10,13-14H2,1H3,(H,28,29)/p-1. The van der Waals surface area contributed by atoms with Crippen molar-refractivity contribution >= 4 is 11.9 Å². The maximum absolute atomic E-state index is 14.3. The molecule has 3 fully saturated rings. The second-order valence-electron chi connectivity index (χ2n) is 9.65. The Bertz CT molecular complexity index is 818. The summed E-state index contributed by atoms with van der Waals surface area (Å²) < 4.78 is 40.0. The van der Waals surface area contributed by atoms with Gasteiger partial charge in [0, 0.05) is 5.92 Å². The van der Waals surface area contributed by atoms with Gasteiger partial charge < -0.3 is 19.4 Å². The van der Waals surface area contributed by atoms with Gasteiger partial charge in [-0.05, 0) is 81.5 Å². The van der Waals surface area contributed by atoms with Crippen molar-refractivity contribution < 1.29 is 33.0 Å². The van der Waals surface area contributed by atoms with Gasteiger partial charge in [0.25, 0.3) is 0 Å². The number of carboxylic acid groups (broad SMARTS) is 1. The third-order valence-corrected chi connectivity index (χ3v) is 7.48. The Balaban J connectivity index is 1.44. The number of ether oxygens (including phenoxy) is 2. The summed E-state index contributed by atoms with van der Waals surface area (Å²) in [6, 6.07) is 6.23. The summed E-state index contributed by atoms with van der Waals surface area (Å²) in [7, 11) is 0.